The van der Waals surface area contributed by atoms with E-state index in [0.29, 0.717) is 19.9 Å². The number of nitrogens with two attached hydrogens (primary N) is 1. The molecule has 0 radical (unpaired) electrons. The Kier molecular flexibility index (Phi) is 11.9. The molecule has 2 N–H and O–H groups in total. The van der Waals surface area contributed by atoms with E-state index < -0.39 is 0 Å². The van der Waals surface area contributed by atoms with E-state index in [9.17, 15) is 4.57 Å². The minimum absolute atomic E-state index is 0.311. The lowest BCUT2D eigenvalue weighted by Gasteiger charge is -2.30. The smallest absolute Gasteiger partial charge is 0.155 e. The zero-order valence-corrected chi connectivity index (χ0v) is 14.2. The summed E-state index contributed by atoms with van der Waals surface area (Å²) in [5, 5.41) is 0. The Hall–Kier alpha value is 0.0600. The van der Waals surface area contributed by atoms with E-state index in [1.54, 1.807) is 0 Å². The third-order valence-electron chi connectivity index (χ3n) is 4.86. The van der Waals surface area contributed by atoms with Gasteiger partial charge in [0, 0.05) is 12.2 Å². The molecule has 114 valence electrons. The van der Waals surface area contributed by atoms with Crippen LogP contribution in [0.1, 0.15) is 85.0 Å². The Morgan fingerprint density at radius 3 is 1.89 bits per heavy atom. The van der Waals surface area contributed by atoms with Crippen molar-refractivity contribution in [2.45, 2.75) is 91.0 Å². The minimum atomic E-state index is 0.311. The molecule has 3 heteroatoms. The monoisotopic (exact) mass is 287 g/mol. The molecular formula is C16H34NOP. The molecule has 1 aliphatic carbocycles. The molecule has 0 aromatic rings. The van der Waals surface area contributed by atoms with Crippen molar-refractivity contribution in [3.63, 3.8) is 0 Å². The van der Waals surface area contributed by atoms with Crippen molar-refractivity contribution in [3.05, 3.63) is 0 Å². The Balaban J connectivity index is 0.000000388. The molecule has 0 unspecified atom stereocenters. The molecule has 1 saturated carbocycles. The van der Waals surface area contributed by atoms with E-state index in [-0.39, 0.29) is 0 Å². The van der Waals surface area contributed by atoms with Crippen LogP contribution in [0, 0.1) is 5.41 Å². The van der Waals surface area contributed by atoms with E-state index in [0.717, 1.165) is 12.6 Å². The first kappa shape index (κ1) is 19.1. The maximum absolute atomic E-state index is 10.3. The van der Waals surface area contributed by atoms with Crippen molar-refractivity contribution in [2.24, 2.45) is 11.1 Å². The lowest BCUT2D eigenvalue weighted by atomic mass is 9.76. The highest BCUT2D eigenvalue weighted by molar-refractivity contribution is 7.23. The molecule has 0 amide bonds. The zero-order chi connectivity index (χ0) is 14.6. The topological polar surface area (TPSA) is 43.1 Å². The summed E-state index contributed by atoms with van der Waals surface area (Å²) in [5.41, 5.74) is 6.17. The second-order valence-corrected chi connectivity index (χ2v) is 6.62. The van der Waals surface area contributed by atoms with Gasteiger partial charge in [-0.15, -0.1) is 0 Å². The van der Waals surface area contributed by atoms with Gasteiger partial charge in [0.1, 0.15) is 0 Å². The van der Waals surface area contributed by atoms with Gasteiger partial charge in [-0.1, -0.05) is 59.3 Å². The summed E-state index contributed by atoms with van der Waals surface area (Å²) in [7, 11) is 0.311. The summed E-state index contributed by atoms with van der Waals surface area (Å²) in [6.45, 7) is 6.80. The van der Waals surface area contributed by atoms with E-state index in [1.807, 2.05) is 0 Å². The minimum Gasteiger partial charge on any atom is -0.328 e. The predicted octanol–water partition coefficient (Wildman–Crippen LogP) is 5.55. The van der Waals surface area contributed by atoms with Crippen LogP contribution >= 0.6 is 8.46 Å². The second-order valence-electron chi connectivity index (χ2n) is 5.92. The van der Waals surface area contributed by atoms with Crippen molar-refractivity contribution in [2.75, 3.05) is 6.16 Å². The third kappa shape index (κ3) is 8.76. The molecule has 0 bridgehead atoms. The van der Waals surface area contributed by atoms with Crippen LogP contribution in [-0.2, 0) is 4.57 Å². The summed E-state index contributed by atoms with van der Waals surface area (Å²) >= 11 is 0. The van der Waals surface area contributed by atoms with Gasteiger partial charge in [0.05, 0.1) is 0 Å². The first-order chi connectivity index (χ1) is 9.14. The van der Waals surface area contributed by atoms with Crippen molar-refractivity contribution < 1.29 is 4.57 Å². The van der Waals surface area contributed by atoms with E-state index in [4.69, 9.17) is 5.73 Å². The second kappa shape index (κ2) is 11.9. The number of hydrogen-bond acceptors (Lipinski definition) is 2. The summed E-state index contributed by atoms with van der Waals surface area (Å²) < 4.78 is 10.3. The molecule has 0 saturated heterocycles. The van der Waals surface area contributed by atoms with Gasteiger partial charge in [0.25, 0.3) is 0 Å². The van der Waals surface area contributed by atoms with Crippen molar-refractivity contribution in [1.82, 2.24) is 0 Å². The summed E-state index contributed by atoms with van der Waals surface area (Å²) in [4.78, 5) is 0. The van der Waals surface area contributed by atoms with Crippen LogP contribution in [0.4, 0.5) is 0 Å². The Bertz CT molecular complexity index is 203. The van der Waals surface area contributed by atoms with Gasteiger partial charge in [-0.25, -0.2) is 0 Å². The molecule has 1 rings (SSSR count). The molecule has 0 spiro atoms. The van der Waals surface area contributed by atoms with Crippen molar-refractivity contribution in [3.8, 4) is 0 Å². The molecule has 1 fully saturated rings. The van der Waals surface area contributed by atoms with Crippen LogP contribution in [0.25, 0.3) is 0 Å². The van der Waals surface area contributed by atoms with E-state index in [2.05, 4.69) is 20.8 Å². The average Bonchev–Trinajstić information content (AvgIpc) is 2.46. The number of rotatable bonds is 7. The molecule has 0 aliphatic heterocycles. The van der Waals surface area contributed by atoms with E-state index >= 15 is 0 Å². The number of hydrogen-bond donors (Lipinski definition) is 1. The highest BCUT2D eigenvalue weighted by atomic mass is 31.1. The maximum Gasteiger partial charge on any atom is 0.155 e. The lowest BCUT2D eigenvalue weighted by molar-refractivity contribution is 0.227. The fraction of sp³-hybridized carbons (Fsp3) is 1.00. The fourth-order valence-electron chi connectivity index (χ4n) is 2.93. The first-order valence-corrected chi connectivity index (χ1v) is 9.18. The molecule has 0 aromatic carbocycles. The predicted molar refractivity (Wildman–Crippen MR) is 86.1 cm³/mol. The maximum atomic E-state index is 10.3. The van der Waals surface area contributed by atoms with Gasteiger partial charge in [-0.3, -0.25) is 4.57 Å². The van der Waals surface area contributed by atoms with Crippen LogP contribution in [0.2, 0.25) is 0 Å². The summed E-state index contributed by atoms with van der Waals surface area (Å²) in [6, 6.07) is 0.536. The molecule has 1 aliphatic rings. The fourth-order valence-corrected chi connectivity index (χ4v) is 3.22. The molecule has 2 nitrogen and oxygen atoms in total. The Labute approximate surface area is 122 Å². The van der Waals surface area contributed by atoms with Crippen LogP contribution in [-0.4, -0.2) is 12.2 Å². The molecule has 19 heavy (non-hydrogen) atoms. The quantitative estimate of drug-likeness (QED) is 0.492. The standard InChI is InChI=1S/C10H21OP.C6H13N/c1-4-10(5-2,6-3)8-7-9-12-11;7-6-4-2-1-3-5-6/h4-9H2,1-3H3;6H,1-5,7H2. The molecule has 0 atom stereocenters. The van der Waals surface area contributed by atoms with Crippen LogP contribution in [0.5, 0.6) is 0 Å². The van der Waals surface area contributed by atoms with Gasteiger partial charge in [-0.2, -0.15) is 0 Å². The normalized spacial score (nSPS) is 17.1. The van der Waals surface area contributed by atoms with Crippen molar-refractivity contribution in [1.29, 1.82) is 0 Å². The van der Waals surface area contributed by atoms with Crippen LogP contribution < -0.4 is 5.73 Å². The largest absolute Gasteiger partial charge is 0.328 e. The van der Waals surface area contributed by atoms with Crippen molar-refractivity contribution >= 4 is 8.46 Å². The van der Waals surface area contributed by atoms with Gasteiger partial charge in [-0.05, 0) is 31.1 Å². The molecular weight excluding hydrogens is 253 g/mol. The van der Waals surface area contributed by atoms with Gasteiger partial charge in [0.15, 0.2) is 8.46 Å². The Morgan fingerprint density at radius 2 is 1.58 bits per heavy atom. The Morgan fingerprint density at radius 1 is 1.05 bits per heavy atom. The third-order valence-corrected chi connectivity index (χ3v) is 5.36. The van der Waals surface area contributed by atoms with Gasteiger partial charge >= 0.3 is 0 Å². The van der Waals surface area contributed by atoms with Crippen LogP contribution in [0.15, 0.2) is 0 Å². The summed E-state index contributed by atoms with van der Waals surface area (Å²) in [5.74, 6) is 0. The summed E-state index contributed by atoms with van der Waals surface area (Å²) in [6.07, 6.45) is 13.6. The van der Waals surface area contributed by atoms with Crippen LogP contribution in [0.3, 0.4) is 0 Å². The first-order valence-electron chi connectivity index (χ1n) is 8.18. The zero-order valence-electron chi connectivity index (χ0n) is 13.3. The van der Waals surface area contributed by atoms with Gasteiger partial charge in [0.2, 0.25) is 0 Å². The lowest BCUT2D eigenvalue weighted by Crippen LogP contribution is -2.22. The highest BCUT2D eigenvalue weighted by Gasteiger charge is 2.22. The molecule has 0 heterocycles. The highest BCUT2D eigenvalue weighted by Crippen LogP contribution is 2.35. The molecule has 0 aromatic heterocycles. The van der Waals surface area contributed by atoms with E-state index in [1.165, 1.54) is 57.8 Å². The SMILES string of the molecule is CCC(CC)(CC)CCCP=O.NC1CCCCC1. The van der Waals surface area contributed by atoms with Gasteiger partial charge < -0.3 is 5.73 Å². The average molecular weight is 287 g/mol.